The molecule has 3 aromatic rings. The van der Waals surface area contributed by atoms with Gasteiger partial charge in [0, 0.05) is 20.1 Å². The summed E-state index contributed by atoms with van der Waals surface area (Å²) in [6, 6.07) is 13.7. The Morgan fingerprint density at radius 3 is 2.67 bits per heavy atom. The lowest BCUT2D eigenvalue weighted by atomic mass is 9.99. The highest BCUT2D eigenvalue weighted by Crippen LogP contribution is 2.25. The first-order valence-corrected chi connectivity index (χ1v) is 11.8. The van der Waals surface area contributed by atoms with Crippen LogP contribution in [0.2, 0.25) is 0 Å². The number of piperidine rings is 1. The number of carboxylic acid groups (broad SMARTS) is 1. The highest BCUT2D eigenvalue weighted by molar-refractivity contribution is 5.86. The summed E-state index contributed by atoms with van der Waals surface area (Å²) in [7, 11) is 1.57. The fourth-order valence-corrected chi connectivity index (χ4v) is 4.53. The second-order valence-electron chi connectivity index (χ2n) is 8.77. The topological polar surface area (TPSA) is 138 Å². The number of oxazole rings is 1. The van der Waals surface area contributed by atoms with Crippen molar-refractivity contribution in [3.8, 4) is 17.2 Å². The molecule has 1 aromatic heterocycles. The lowest BCUT2D eigenvalue weighted by Gasteiger charge is -2.32. The van der Waals surface area contributed by atoms with E-state index in [0.717, 1.165) is 34.4 Å². The van der Waals surface area contributed by atoms with Gasteiger partial charge in [0.25, 0.3) is 0 Å². The van der Waals surface area contributed by atoms with E-state index < -0.39 is 29.8 Å². The molecule has 1 saturated heterocycles. The van der Waals surface area contributed by atoms with Crippen LogP contribution in [0.3, 0.4) is 0 Å². The van der Waals surface area contributed by atoms with Crippen LogP contribution in [0, 0.1) is 11.3 Å². The fourth-order valence-electron chi connectivity index (χ4n) is 4.53. The Bertz CT molecular complexity index is 1340. The Labute approximate surface area is 207 Å². The Morgan fingerprint density at radius 2 is 1.97 bits per heavy atom. The molecule has 2 atom stereocenters. The number of rotatable bonds is 8. The second-order valence-corrected chi connectivity index (χ2v) is 8.77. The number of nitrogens with one attached hydrogen (secondary N) is 1. The number of aromatic nitrogens is 1. The number of nitriles is 1. The van der Waals surface area contributed by atoms with Gasteiger partial charge in [0.15, 0.2) is 5.58 Å². The minimum atomic E-state index is -1.12. The summed E-state index contributed by atoms with van der Waals surface area (Å²) in [5, 5.41) is 21.7. The summed E-state index contributed by atoms with van der Waals surface area (Å²) in [6.45, 7) is 1.09. The SMILES string of the molecule is COCCn1c(=O)oc2ccc(-c3ccc(C[C@@H](C#N)NC(=O)C4CCCCN4C(=O)O)cc3)cc21. The van der Waals surface area contributed by atoms with Crippen LogP contribution in [0.1, 0.15) is 24.8 Å². The van der Waals surface area contributed by atoms with Crippen LogP contribution in [-0.2, 0) is 22.5 Å². The maximum atomic E-state index is 12.7. The van der Waals surface area contributed by atoms with Gasteiger partial charge in [-0.15, -0.1) is 0 Å². The zero-order valence-corrected chi connectivity index (χ0v) is 20.0. The quantitative estimate of drug-likeness (QED) is 0.493. The molecule has 0 aliphatic carbocycles. The number of ether oxygens (including phenoxy) is 1. The number of hydrogen-bond donors (Lipinski definition) is 2. The van der Waals surface area contributed by atoms with Crippen molar-refractivity contribution in [3.63, 3.8) is 0 Å². The third-order valence-corrected chi connectivity index (χ3v) is 6.44. The molecule has 2 heterocycles. The van der Waals surface area contributed by atoms with Crippen LogP contribution in [0.25, 0.3) is 22.2 Å². The number of fused-ring (bicyclic) bond motifs is 1. The Balaban J connectivity index is 1.46. The van der Waals surface area contributed by atoms with E-state index in [2.05, 4.69) is 11.4 Å². The van der Waals surface area contributed by atoms with E-state index in [0.29, 0.717) is 43.6 Å². The molecule has 2 amide bonds. The largest absolute Gasteiger partial charge is 0.465 e. The van der Waals surface area contributed by atoms with Gasteiger partial charge in [-0.25, -0.2) is 9.59 Å². The number of hydrogen-bond acceptors (Lipinski definition) is 6. The maximum absolute atomic E-state index is 12.7. The Hall–Kier alpha value is -4.10. The maximum Gasteiger partial charge on any atom is 0.420 e. The average molecular weight is 493 g/mol. The summed E-state index contributed by atoms with van der Waals surface area (Å²) in [5.41, 5.74) is 3.86. The Morgan fingerprint density at radius 1 is 1.22 bits per heavy atom. The van der Waals surface area contributed by atoms with Gasteiger partial charge >= 0.3 is 11.8 Å². The van der Waals surface area contributed by atoms with E-state index in [1.165, 1.54) is 4.57 Å². The first-order valence-electron chi connectivity index (χ1n) is 11.8. The van der Waals surface area contributed by atoms with Crippen molar-refractivity contribution in [1.29, 1.82) is 5.26 Å². The van der Waals surface area contributed by atoms with Gasteiger partial charge in [0.2, 0.25) is 5.91 Å². The number of nitrogens with zero attached hydrogens (tertiary/aromatic N) is 3. The number of benzene rings is 2. The van der Waals surface area contributed by atoms with Crippen LogP contribution < -0.4 is 11.1 Å². The van der Waals surface area contributed by atoms with Gasteiger partial charge < -0.3 is 19.6 Å². The normalized spacial score (nSPS) is 16.4. The Kier molecular flexibility index (Phi) is 7.71. The van der Waals surface area contributed by atoms with Gasteiger partial charge in [-0.2, -0.15) is 5.26 Å². The van der Waals surface area contributed by atoms with Crippen molar-refractivity contribution in [2.75, 3.05) is 20.3 Å². The molecule has 1 aliphatic rings. The van der Waals surface area contributed by atoms with Crippen molar-refractivity contribution >= 4 is 23.1 Å². The van der Waals surface area contributed by atoms with E-state index in [4.69, 9.17) is 9.15 Å². The molecule has 0 bridgehead atoms. The van der Waals surface area contributed by atoms with Crippen LogP contribution in [0.15, 0.2) is 51.7 Å². The number of likely N-dealkylation sites (tertiary alicyclic amines) is 1. The van der Waals surface area contributed by atoms with Gasteiger partial charge in [-0.05, 0) is 48.1 Å². The highest BCUT2D eigenvalue weighted by atomic mass is 16.5. The number of carbonyl (C=O) groups excluding carboxylic acids is 1. The van der Waals surface area contributed by atoms with Crippen molar-refractivity contribution in [1.82, 2.24) is 14.8 Å². The van der Waals surface area contributed by atoms with Gasteiger partial charge in [0.05, 0.1) is 24.7 Å². The standard InChI is InChI=1S/C26H28N4O6/c1-35-13-12-30-22-15-19(9-10-23(22)36-26(30)34)18-7-5-17(6-8-18)14-20(16-27)28-24(31)21-4-2-3-11-29(21)25(32)33/h5-10,15,20-21H,2-4,11-14H2,1H3,(H,28,31)(H,32,33)/t20-,21?/m0/s1. The first-order chi connectivity index (χ1) is 17.4. The molecule has 36 heavy (non-hydrogen) atoms. The predicted octanol–water partition coefficient (Wildman–Crippen LogP) is 2.99. The molecule has 0 spiro atoms. The summed E-state index contributed by atoms with van der Waals surface area (Å²) in [6.07, 6.45) is 1.12. The number of carbonyl (C=O) groups is 2. The van der Waals surface area contributed by atoms with Crippen LogP contribution >= 0.6 is 0 Å². The number of amides is 2. The van der Waals surface area contributed by atoms with Crippen molar-refractivity contribution in [3.05, 3.63) is 58.6 Å². The minimum absolute atomic E-state index is 0.291. The van der Waals surface area contributed by atoms with Gasteiger partial charge in [0.1, 0.15) is 12.1 Å². The van der Waals surface area contributed by atoms with Crippen LogP contribution in [0.4, 0.5) is 4.79 Å². The molecule has 1 aliphatic heterocycles. The van der Waals surface area contributed by atoms with Gasteiger partial charge in [-0.1, -0.05) is 30.3 Å². The predicted molar refractivity (Wildman–Crippen MR) is 131 cm³/mol. The molecule has 10 heteroatoms. The summed E-state index contributed by atoms with van der Waals surface area (Å²) in [5.74, 6) is -0.868. The van der Waals surface area contributed by atoms with Crippen molar-refractivity contribution < 1.29 is 23.8 Å². The zero-order valence-electron chi connectivity index (χ0n) is 20.0. The second kappa shape index (κ2) is 11.1. The van der Waals surface area contributed by atoms with Gasteiger partial charge in [-0.3, -0.25) is 14.3 Å². The minimum Gasteiger partial charge on any atom is -0.465 e. The summed E-state index contributed by atoms with van der Waals surface area (Å²) in [4.78, 5) is 37.5. The first kappa shape index (κ1) is 25.0. The van der Waals surface area contributed by atoms with E-state index in [9.17, 15) is 24.8 Å². The smallest absolute Gasteiger partial charge is 0.420 e. The molecule has 0 radical (unpaired) electrons. The molecule has 1 fully saturated rings. The van der Waals surface area contributed by atoms with Crippen molar-refractivity contribution in [2.45, 2.75) is 44.3 Å². The molecule has 2 N–H and O–H groups in total. The number of methoxy groups -OCH3 is 1. The zero-order chi connectivity index (χ0) is 25.7. The third-order valence-electron chi connectivity index (χ3n) is 6.44. The van der Waals surface area contributed by atoms with Crippen LogP contribution in [0.5, 0.6) is 0 Å². The van der Waals surface area contributed by atoms with E-state index in [1.54, 1.807) is 13.2 Å². The van der Waals surface area contributed by atoms with E-state index >= 15 is 0 Å². The fraction of sp³-hybridized carbons (Fsp3) is 0.385. The lowest BCUT2D eigenvalue weighted by Crippen LogP contribution is -2.53. The van der Waals surface area contributed by atoms with E-state index in [1.807, 2.05) is 36.4 Å². The average Bonchev–Trinajstić information content (AvgIpc) is 3.21. The highest BCUT2D eigenvalue weighted by Gasteiger charge is 2.33. The molecule has 0 saturated carbocycles. The molecule has 10 nitrogen and oxygen atoms in total. The molecule has 1 unspecified atom stereocenters. The molecular weight excluding hydrogens is 464 g/mol. The van der Waals surface area contributed by atoms with Crippen LogP contribution in [-0.4, -0.2) is 58.9 Å². The lowest BCUT2D eigenvalue weighted by molar-refractivity contribution is -0.127. The van der Waals surface area contributed by atoms with Crippen molar-refractivity contribution in [2.24, 2.45) is 0 Å². The molecule has 2 aromatic carbocycles. The molecule has 4 rings (SSSR count). The summed E-state index contributed by atoms with van der Waals surface area (Å²) < 4.78 is 11.9. The third kappa shape index (κ3) is 5.42. The molecule has 188 valence electrons. The van der Waals surface area contributed by atoms with E-state index in [-0.39, 0.29) is 0 Å². The summed E-state index contributed by atoms with van der Waals surface area (Å²) >= 11 is 0. The monoisotopic (exact) mass is 492 g/mol. The molecular formula is C26H28N4O6.